The molecule has 4 nitrogen and oxygen atoms in total. The largest absolute Gasteiger partial charge is 0.349 e. The van der Waals surface area contributed by atoms with Crippen molar-refractivity contribution in [3.05, 3.63) is 66.0 Å². The molecule has 0 saturated carbocycles. The van der Waals surface area contributed by atoms with Crippen molar-refractivity contribution >= 4 is 18.3 Å². The van der Waals surface area contributed by atoms with Gasteiger partial charge in [0.2, 0.25) is 0 Å². The van der Waals surface area contributed by atoms with Gasteiger partial charge in [0.05, 0.1) is 6.04 Å². The normalized spacial score (nSPS) is 17.9. The first-order valence-electron chi connectivity index (χ1n) is 7.46. The minimum atomic E-state index is -3.54. The fraction of sp³-hybridized carbons (Fsp3) is 0.294. The van der Waals surface area contributed by atoms with E-state index in [9.17, 15) is 13.6 Å². The predicted octanol–water partition coefficient (Wildman–Crippen LogP) is 2.77. The third-order valence-electron chi connectivity index (χ3n) is 3.98. The summed E-state index contributed by atoms with van der Waals surface area (Å²) in [7, 11) is 0. The summed E-state index contributed by atoms with van der Waals surface area (Å²) in [5.41, 5.74) is 0.463. The number of hydrogen-bond donors (Lipinski definition) is 1. The third kappa shape index (κ3) is 3.55. The van der Waals surface area contributed by atoms with Crippen LogP contribution >= 0.6 is 12.4 Å². The first-order valence-corrected chi connectivity index (χ1v) is 7.46. The van der Waals surface area contributed by atoms with Gasteiger partial charge >= 0.3 is 5.92 Å². The molecule has 1 N–H and O–H groups in total. The molecule has 0 bridgehead atoms. The van der Waals surface area contributed by atoms with Gasteiger partial charge in [0.25, 0.3) is 5.91 Å². The SMILES string of the molecule is Cl.O=C(N1CCNCC1c1cccnc1)C(F)(F)c1ccccc1. The molecule has 7 heteroatoms. The van der Waals surface area contributed by atoms with E-state index in [1.54, 1.807) is 30.6 Å². The van der Waals surface area contributed by atoms with Crippen LogP contribution in [0, 0.1) is 0 Å². The molecule has 1 aromatic heterocycles. The second-order valence-corrected chi connectivity index (χ2v) is 5.45. The Morgan fingerprint density at radius 3 is 2.62 bits per heavy atom. The molecule has 2 heterocycles. The molecule has 0 radical (unpaired) electrons. The summed E-state index contributed by atoms with van der Waals surface area (Å²) in [4.78, 5) is 17.8. The van der Waals surface area contributed by atoms with E-state index in [-0.39, 0.29) is 24.5 Å². The molecule has 0 spiro atoms. The number of carbonyl (C=O) groups is 1. The van der Waals surface area contributed by atoms with Crippen LogP contribution in [0.1, 0.15) is 17.2 Å². The molecule has 3 rings (SSSR count). The van der Waals surface area contributed by atoms with Crippen LogP contribution in [0.3, 0.4) is 0 Å². The number of hydrogen-bond acceptors (Lipinski definition) is 3. The Kier molecular flexibility index (Phi) is 5.85. The Bertz CT molecular complexity index is 670. The average Bonchev–Trinajstić information content (AvgIpc) is 2.62. The highest BCUT2D eigenvalue weighted by Crippen LogP contribution is 2.33. The lowest BCUT2D eigenvalue weighted by Crippen LogP contribution is -2.52. The number of benzene rings is 1. The van der Waals surface area contributed by atoms with Gasteiger partial charge in [0.15, 0.2) is 0 Å². The van der Waals surface area contributed by atoms with Crippen LogP contribution in [-0.2, 0) is 10.7 Å². The lowest BCUT2D eigenvalue weighted by atomic mass is 10.0. The van der Waals surface area contributed by atoms with Gasteiger partial charge in [-0.05, 0) is 11.6 Å². The van der Waals surface area contributed by atoms with Crippen molar-refractivity contribution in [3.63, 3.8) is 0 Å². The lowest BCUT2D eigenvalue weighted by Gasteiger charge is -2.38. The maximum Gasteiger partial charge on any atom is 0.349 e. The lowest BCUT2D eigenvalue weighted by molar-refractivity contribution is -0.162. The van der Waals surface area contributed by atoms with Gasteiger partial charge in [-0.25, -0.2) is 0 Å². The van der Waals surface area contributed by atoms with Gasteiger partial charge in [-0.1, -0.05) is 36.4 Å². The summed E-state index contributed by atoms with van der Waals surface area (Å²) in [6.07, 6.45) is 3.23. The molecule has 1 aliphatic rings. The van der Waals surface area contributed by atoms with Crippen molar-refractivity contribution in [3.8, 4) is 0 Å². The van der Waals surface area contributed by atoms with Gasteiger partial charge in [0, 0.05) is 37.6 Å². The highest BCUT2D eigenvalue weighted by Gasteiger charge is 2.46. The minimum absolute atomic E-state index is 0. The molecule has 1 aromatic carbocycles. The molecule has 1 saturated heterocycles. The average molecular weight is 354 g/mol. The fourth-order valence-corrected chi connectivity index (χ4v) is 2.77. The molecule has 1 atom stereocenters. The van der Waals surface area contributed by atoms with E-state index >= 15 is 0 Å². The first kappa shape index (κ1) is 18.3. The Morgan fingerprint density at radius 1 is 1.21 bits per heavy atom. The van der Waals surface area contributed by atoms with Crippen LogP contribution in [-0.4, -0.2) is 35.4 Å². The number of carbonyl (C=O) groups excluding carboxylic acids is 1. The molecule has 1 unspecified atom stereocenters. The standard InChI is InChI=1S/C17H17F2N3O.ClH/c18-17(19,14-6-2-1-3-7-14)16(23)22-10-9-21-12-15(22)13-5-4-8-20-11-13;/h1-8,11,15,21H,9-10,12H2;1H. The van der Waals surface area contributed by atoms with Crippen LogP contribution in [0.4, 0.5) is 8.78 Å². The minimum Gasteiger partial charge on any atom is -0.327 e. The zero-order valence-corrected chi connectivity index (χ0v) is 13.7. The number of piperazine rings is 1. The maximum atomic E-state index is 14.6. The zero-order valence-electron chi connectivity index (χ0n) is 12.9. The summed E-state index contributed by atoms with van der Waals surface area (Å²) >= 11 is 0. The summed E-state index contributed by atoms with van der Waals surface area (Å²) in [5.74, 6) is -4.71. The summed E-state index contributed by atoms with van der Waals surface area (Å²) in [6.45, 7) is 1.16. The Hall–Kier alpha value is -2.05. The maximum absolute atomic E-state index is 14.6. The molecular formula is C17H18ClF2N3O. The number of alkyl halides is 2. The topological polar surface area (TPSA) is 45.2 Å². The molecule has 128 valence electrons. The van der Waals surface area contributed by atoms with Crippen LogP contribution in [0.2, 0.25) is 0 Å². The number of aromatic nitrogens is 1. The Labute approximate surface area is 145 Å². The van der Waals surface area contributed by atoms with Crippen LogP contribution < -0.4 is 5.32 Å². The summed E-state index contributed by atoms with van der Waals surface area (Å²) < 4.78 is 29.2. The smallest absolute Gasteiger partial charge is 0.327 e. The molecule has 1 aliphatic heterocycles. The van der Waals surface area contributed by atoms with Crippen LogP contribution in [0.25, 0.3) is 0 Å². The van der Waals surface area contributed by atoms with Crippen molar-refractivity contribution < 1.29 is 13.6 Å². The molecule has 24 heavy (non-hydrogen) atoms. The highest BCUT2D eigenvalue weighted by atomic mass is 35.5. The summed E-state index contributed by atoms with van der Waals surface area (Å²) in [5, 5.41) is 3.14. The predicted molar refractivity (Wildman–Crippen MR) is 89.1 cm³/mol. The number of halogens is 3. The number of amides is 1. The molecule has 2 aromatic rings. The number of rotatable bonds is 3. The Balaban J connectivity index is 0.00000208. The van der Waals surface area contributed by atoms with Gasteiger partial charge in [-0.15, -0.1) is 12.4 Å². The first-order chi connectivity index (χ1) is 11.1. The second kappa shape index (κ2) is 7.68. The van der Waals surface area contributed by atoms with E-state index in [0.717, 1.165) is 5.56 Å². The molecular weight excluding hydrogens is 336 g/mol. The van der Waals surface area contributed by atoms with Gasteiger partial charge in [0.1, 0.15) is 0 Å². The molecule has 1 amide bonds. The molecule has 1 fully saturated rings. The zero-order chi connectivity index (χ0) is 16.3. The van der Waals surface area contributed by atoms with Crippen molar-refractivity contribution in [1.82, 2.24) is 15.2 Å². The van der Waals surface area contributed by atoms with Crippen molar-refractivity contribution in [1.29, 1.82) is 0 Å². The Morgan fingerprint density at radius 2 is 1.96 bits per heavy atom. The monoisotopic (exact) mass is 353 g/mol. The van der Waals surface area contributed by atoms with Crippen LogP contribution in [0.15, 0.2) is 54.9 Å². The van der Waals surface area contributed by atoms with E-state index in [1.807, 2.05) is 0 Å². The van der Waals surface area contributed by atoms with Gasteiger partial charge in [-0.2, -0.15) is 8.78 Å². The highest BCUT2D eigenvalue weighted by molar-refractivity contribution is 5.85. The van der Waals surface area contributed by atoms with Crippen molar-refractivity contribution in [2.75, 3.05) is 19.6 Å². The van der Waals surface area contributed by atoms with Crippen molar-refractivity contribution in [2.45, 2.75) is 12.0 Å². The fourth-order valence-electron chi connectivity index (χ4n) is 2.77. The van der Waals surface area contributed by atoms with Gasteiger partial charge in [-0.3, -0.25) is 9.78 Å². The second-order valence-electron chi connectivity index (χ2n) is 5.45. The van der Waals surface area contributed by atoms with E-state index in [1.165, 1.54) is 29.2 Å². The van der Waals surface area contributed by atoms with E-state index in [4.69, 9.17) is 0 Å². The van der Waals surface area contributed by atoms with E-state index in [2.05, 4.69) is 10.3 Å². The van der Waals surface area contributed by atoms with E-state index < -0.39 is 17.9 Å². The molecule has 0 aliphatic carbocycles. The quantitative estimate of drug-likeness (QED) is 0.923. The third-order valence-corrected chi connectivity index (χ3v) is 3.98. The number of pyridine rings is 1. The van der Waals surface area contributed by atoms with Crippen molar-refractivity contribution in [2.24, 2.45) is 0 Å². The number of nitrogens with one attached hydrogen (secondary N) is 1. The summed E-state index contributed by atoms with van der Waals surface area (Å²) in [6, 6.07) is 10.3. The van der Waals surface area contributed by atoms with Gasteiger partial charge < -0.3 is 10.2 Å². The van der Waals surface area contributed by atoms with Crippen LogP contribution in [0.5, 0.6) is 0 Å². The number of nitrogens with zero attached hydrogens (tertiary/aromatic N) is 2. The van der Waals surface area contributed by atoms with E-state index in [0.29, 0.717) is 13.1 Å².